The summed E-state index contributed by atoms with van der Waals surface area (Å²) in [6.45, 7) is 3.01. The topological polar surface area (TPSA) is 24.8 Å². The maximum atomic E-state index is 12.8. The van der Waals surface area contributed by atoms with Crippen molar-refractivity contribution in [2.45, 2.75) is 51.1 Å². The highest BCUT2D eigenvalue weighted by Gasteiger charge is 2.39. The minimum absolute atomic E-state index is 0.123. The van der Waals surface area contributed by atoms with Crippen molar-refractivity contribution in [2.75, 3.05) is 13.6 Å². The fourth-order valence-electron chi connectivity index (χ4n) is 3.90. The summed E-state index contributed by atoms with van der Waals surface area (Å²) >= 11 is 0. The van der Waals surface area contributed by atoms with Crippen molar-refractivity contribution < 1.29 is 9.69 Å². The largest absolute Gasteiger partial charge is 0.329 e. The van der Waals surface area contributed by atoms with Gasteiger partial charge < -0.3 is 9.80 Å². The number of likely N-dealkylation sites (N-methyl/N-ethyl adjacent to an activating group) is 1. The van der Waals surface area contributed by atoms with Crippen LogP contribution in [0, 0.1) is 0 Å². The van der Waals surface area contributed by atoms with E-state index in [1.165, 1.54) is 18.5 Å². The maximum absolute atomic E-state index is 12.8. The van der Waals surface area contributed by atoms with Crippen LogP contribution in [0.5, 0.6) is 0 Å². The number of fused-ring (bicyclic) bond motifs is 2. The monoisotopic (exact) mass is 325 g/mol. The highest BCUT2D eigenvalue weighted by Crippen LogP contribution is 2.25. The SMILES string of the molecule is CCCCN(C(=O)/C=C/c1ccccc1)C1=C[C@@H]2CC[C@H](C1)[NH+]2C. The highest BCUT2D eigenvalue weighted by atomic mass is 16.2. The first kappa shape index (κ1) is 17.0. The van der Waals surface area contributed by atoms with Crippen molar-refractivity contribution in [3.8, 4) is 0 Å². The molecular formula is C21H29N2O+. The Labute approximate surface area is 145 Å². The molecule has 2 bridgehead atoms. The van der Waals surface area contributed by atoms with Crippen molar-refractivity contribution in [1.82, 2.24) is 4.90 Å². The fourth-order valence-corrected chi connectivity index (χ4v) is 3.90. The Morgan fingerprint density at radius 2 is 2.08 bits per heavy atom. The predicted molar refractivity (Wildman–Crippen MR) is 98.5 cm³/mol. The molecule has 3 atom stereocenters. The average Bonchev–Trinajstić information content (AvgIpc) is 2.82. The molecule has 0 saturated carbocycles. The van der Waals surface area contributed by atoms with E-state index in [9.17, 15) is 4.79 Å². The van der Waals surface area contributed by atoms with E-state index in [0.29, 0.717) is 12.1 Å². The van der Waals surface area contributed by atoms with Crippen LogP contribution in [-0.4, -0.2) is 36.5 Å². The normalized spacial score (nSPS) is 25.8. The van der Waals surface area contributed by atoms with Crippen LogP contribution < -0.4 is 4.90 Å². The highest BCUT2D eigenvalue weighted by molar-refractivity contribution is 5.93. The molecule has 3 nitrogen and oxygen atoms in total. The van der Waals surface area contributed by atoms with E-state index in [-0.39, 0.29) is 5.91 Å². The summed E-state index contributed by atoms with van der Waals surface area (Å²) in [5, 5.41) is 0. The maximum Gasteiger partial charge on any atom is 0.250 e. The van der Waals surface area contributed by atoms with Gasteiger partial charge in [0.15, 0.2) is 0 Å². The molecule has 2 aliphatic rings. The molecule has 0 aromatic heterocycles. The summed E-state index contributed by atoms with van der Waals surface area (Å²) in [5.41, 5.74) is 2.33. The molecule has 3 rings (SSSR count). The molecule has 1 fully saturated rings. The van der Waals surface area contributed by atoms with Crippen molar-refractivity contribution in [2.24, 2.45) is 0 Å². The van der Waals surface area contributed by atoms with Gasteiger partial charge in [0.05, 0.1) is 13.1 Å². The molecule has 1 N–H and O–H groups in total. The van der Waals surface area contributed by atoms with Crippen molar-refractivity contribution in [1.29, 1.82) is 0 Å². The van der Waals surface area contributed by atoms with Gasteiger partial charge in [-0.15, -0.1) is 0 Å². The van der Waals surface area contributed by atoms with Gasteiger partial charge in [-0.2, -0.15) is 0 Å². The molecule has 1 aromatic rings. The van der Waals surface area contributed by atoms with Crippen LogP contribution in [0.3, 0.4) is 0 Å². The Hall–Kier alpha value is -1.87. The number of hydrogen-bond acceptors (Lipinski definition) is 1. The Kier molecular flexibility index (Phi) is 5.52. The summed E-state index contributed by atoms with van der Waals surface area (Å²) in [6, 6.07) is 11.3. The molecule has 1 unspecified atom stereocenters. The van der Waals surface area contributed by atoms with Gasteiger partial charge in [-0.1, -0.05) is 43.7 Å². The van der Waals surface area contributed by atoms with Gasteiger partial charge in [0, 0.05) is 37.6 Å². The molecule has 0 radical (unpaired) electrons. The number of rotatable bonds is 6. The Morgan fingerprint density at radius 1 is 1.29 bits per heavy atom. The molecule has 3 heteroatoms. The Balaban J connectivity index is 1.75. The number of hydrogen-bond donors (Lipinski definition) is 1. The number of nitrogens with one attached hydrogen (secondary N) is 1. The first-order valence-electron chi connectivity index (χ1n) is 9.27. The molecule has 24 heavy (non-hydrogen) atoms. The standard InChI is InChI=1S/C21H28N2O/c1-3-4-14-23(20-15-18-11-12-19(16-20)22(18)2)21(24)13-10-17-8-6-5-7-9-17/h5-10,13,15,18-19H,3-4,11-12,14,16H2,1-2H3/p+1/b13-10+/t18-,19+/m0/s1. The molecule has 0 spiro atoms. The summed E-state index contributed by atoms with van der Waals surface area (Å²) in [4.78, 5) is 16.5. The lowest BCUT2D eigenvalue weighted by Crippen LogP contribution is -3.14. The third kappa shape index (κ3) is 3.78. The summed E-state index contributed by atoms with van der Waals surface area (Å²) in [6.07, 6.45) is 11.8. The smallest absolute Gasteiger partial charge is 0.250 e. The van der Waals surface area contributed by atoms with E-state index < -0.39 is 0 Å². The van der Waals surface area contributed by atoms with Gasteiger partial charge in [-0.25, -0.2) is 0 Å². The van der Waals surface area contributed by atoms with Crippen LogP contribution in [-0.2, 0) is 4.79 Å². The Bertz CT molecular complexity index is 620. The fraction of sp³-hybridized carbons (Fsp3) is 0.476. The van der Waals surface area contributed by atoms with E-state index in [1.807, 2.05) is 41.3 Å². The van der Waals surface area contributed by atoms with Crippen LogP contribution in [0.4, 0.5) is 0 Å². The van der Waals surface area contributed by atoms with E-state index in [4.69, 9.17) is 0 Å². The molecule has 1 saturated heterocycles. The molecule has 0 aliphatic carbocycles. The third-order valence-electron chi connectivity index (χ3n) is 5.47. The van der Waals surface area contributed by atoms with Gasteiger partial charge in [-0.3, -0.25) is 4.79 Å². The zero-order chi connectivity index (χ0) is 16.9. The summed E-state index contributed by atoms with van der Waals surface area (Å²) in [7, 11) is 2.29. The van der Waals surface area contributed by atoms with Crippen molar-refractivity contribution >= 4 is 12.0 Å². The van der Waals surface area contributed by atoms with Crippen LogP contribution in [0.25, 0.3) is 6.08 Å². The number of carbonyl (C=O) groups is 1. The minimum Gasteiger partial charge on any atom is -0.329 e. The summed E-state index contributed by atoms with van der Waals surface area (Å²) in [5.74, 6) is 0.123. The van der Waals surface area contributed by atoms with E-state index in [0.717, 1.165) is 31.4 Å². The quantitative estimate of drug-likeness (QED) is 0.799. The number of benzene rings is 1. The number of amides is 1. The first-order valence-corrected chi connectivity index (χ1v) is 9.27. The summed E-state index contributed by atoms with van der Waals surface area (Å²) < 4.78 is 0. The third-order valence-corrected chi connectivity index (χ3v) is 5.47. The van der Waals surface area contributed by atoms with E-state index >= 15 is 0 Å². The second kappa shape index (κ2) is 7.80. The lowest BCUT2D eigenvalue weighted by Gasteiger charge is -2.32. The number of carbonyl (C=O) groups excluding carboxylic acids is 1. The number of unbranched alkanes of at least 4 members (excludes halogenated alkanes) is 1. The van der Waals surface area contributed by atoms with Crippen LogP contribution >= 0.6 is 0 Å². The molecular weight excluding hydrogens is 296 g/mol. The Morgan fingerprint density at radius 3 is 2.79 bits per heavy atom. The zero-order valence-electron chi connectivity index (χ0n) is 14.9. The number of nitrogens with zero attached hydrogens (tertiary/aromatic N) is 1. The molecule has 1 amide bonds. The van der Waals surface area contributed by atoms with E-state index in [2.05, 4.69) is 20.0 Å². The van der Waals surface area contributed by atoms with Gasteiger partial charge in [-0.05, 0) is 24.1 Å². The lowest BCUT2D eigenvalue weighted by atomic mass is 10.1. The predicted octanol–water partition coefficient (Wildman–Crippen LogP) is 2.66. The lowest BCUT2D eigenvalue weighted by molar-refractivity contribution is -0.912. The molecule has 128 valence electrons. The van der Waals surface area contributed by atoms with Gasteiger partial charge in [0.25, 0.3) is 5.91 Å². The molecule has 2 heterocycles. The second-order valence-electron chi connectivity index (χ2n) is 7.07. The zero-order valence-corrected chi connectivity index (χ0v) is 14.9. The van der Waals surface area contributed by atoms with E-state index in [1.54, 1.807) is 11.0 Å². The van der Waals surface area contributed by atoms with Crippen molar-refractivity contribution in [3.05, 3.63) is 53.7 Å². The van der Waals surface area contributed by atoms with Crippen LogP contribution in [0.2, 0.25) is 0 Å². The molecule has 1 aromatic carbocycles. The second-order valence-corrected chi connectivity index (χ2v) is 7.07. The number of quaternary nitrogens is 1. The first-order chi connectivity index (χ1) is 11.7. The molecule has 2 aliphatic heterocycles. The average molecular weight is 325 g/mol. The van der Waals surface area contributed by atoms with Gasteiger partial charge in [0.1, 0.15) is 6.04 Å². The van der Waals surface area contributed by atoms with Crippen molar-refractivity contribution in [3.63, 3.8) is 0 Å². The van der Waals surface area contributed by atoms with Gasteiger partial charge in [0.2, 0.25) is 0 Å². The van der Waals surface area contributed by atoms with Crippen LogP contribution in [0.1, 0.15) is 44.6 Å². The minimum atomic E-state index is 0.123. The van der Waals surface area contributed by atoms with Crippen LogP contribution in [0.15, 0.2) is 48.2 Å². The van der Waals surface area contributed by atoms with Gasteiger partial charge >= 0.3 is 0 Å².